The monoisotopic (exact) mass is 259 g/mol. The highest BCUT2D eigenvalue weighted by atomic mass is 16.6. The normalized spacial score (nSPS) is 18.1. The van der Waals surface area contributed by atoms with Crippen LogP contribution in [0.25, 0.3) is 0 Å². The summed E-state index contributed by atoms with van der Waals surface area (Å²) in [4.78, 5) is 13.5. The van der Waals surface area contributed by atoms with Crippen molar-refractivity contribution in [1.29, 1.82) is 0 Å². The lowest BCUT2D eigenvalue weighted by molar-refractivity contribution is 0.163. The van der Waals surface area contributed by atoms with Crippen molar-refractivity contribution in [1.82, 2.24) is 4.90 Å². The predicted molar refractivity (Wildman–Crippen MR) is 71.3 cm³/mol. The van der Waals surface area contributed by atoms with Crippen molar-refractivity contribution in [3.05, 3.63) is 53.9 Å². The Hall–Kier alpha value is -2.03. The number of hydrogen-bond acceptors (Lipinski definition) is 3. The SMILES string of the molecule is C=C=C(CCCO)N1C(=O)OC[C@H]1c1ccccc1. The van der Waals surface area contributed by atoms with Crippen molar-refractivity contribution in [2.45, 2.75) is 18.9 Å². The molecule has 1 N–H and O–H groups in total. The molecule has 1 saturated heterocycles. The largest absolute Gasteiger partial charge is 0.447 e. The lowest BCUT2D eigenvalue weighted by Gasteiger charge is -2.23. The number of allylic oxidation sites excluding steroid dienone is 1. The first-order valence-electron chi connectivity index (χ1n) is 6.28. The van der Waals surface area contributed by atoms with Crippen LogP contribution >= 0.6 is 0 Å². The third-order valence-corrected chi connectivity index (χ3v) is 3.12. The predicted octanol–water partition coefficient (Wildman–Crippen LogP) is 2.62. The van der Waals surface area contributed by atoms with E-state index in [2.05, 4.69) is 12.3 Å². The second-order valence-electron chi connectivity index (χ2n) is 4.32. The summed E-state index contributed by atoms with van der Waals surface area (Å²) < 4.78 is 5.13. The van der Waals surface area contributed by atoms with Crippen LogP contribution in [0.3, 0.4) is 0 Å². The highest BCUT2D eigenvalue weighted by molar-refractivity contribution is 5.73. The number of benzene rings is 1. The summed E-state index contributed by atoms with van der Waals surface area (Å²) in [6, 6.07) is 9.58. The maximum Gasteiger partial charge on any atom is 0.415 e. The van der Waals surface area contributed by atoms with Gasteiger partial charge in [-0.1, -0.05) is 36.9 Å². The number of ether oxygens (including phenoxy) is 1. The number of cyclic esters (lactones) is 1. The molecule has 0 bridgehead atoms. The van der Waals surface area contributed by atoms with Crippen LogP contribution in [0.4, 0.5) is 4.79 Å². The molecule has 1 amide bonds. The van der Waals surface area contributed by atoms with Gasteiger partial charge in [0.1, 0.15) is 6.61 Å². The summed E-state index contributed by atoms with van der Waals surface area (Å²) in [6.45, 7) is 4.03. The zero-order valence-corrected chi connectivity index (χ0v) is 10.7. The molecule has 0 spiro atoms. The molecule has 0 saturated carbocycles. The highest BCUT2D eigenvalue weighted by Crippen LogP contribution is 2.32. The average Bonchev–Trinajstić information content (AvgIpc) is 2.83. The van der Waals surface area contributed by atoms with Crippen LogP contribution in [0.2, 0.25) is 0 Å². The van der Waals surface area contributed by atoms with Crippen LogP contribution in [0.1, 0.15) is 24.4 Å². The molecular formula is C15H17NO3. The second kappa shape index (κ2) is 6.23. The Balaban J connectivity index is 2.25. The van der Waals surface area contributed by atoms with E-state index < -0.39 is 0 Å². The van der Waals surface area contributed by atoms with Gasteiger partial charge in [-0.2, -0.15) is 0 Å². The van der Waals surface area contributed by atoms with Crippen LogP contribution in [-0.2, 0) is 4.74 Å². The van der Waals surface area contributed by atoms with E-state index in [0.717, 1.165) is 5.56 Å². The molecule has 4 nitrogen and oxygen atoms in total. The van der Waals surface area contributed by atoms with E-state index >= 15 is 0 Å². The van der Waals surface area contributed by atoms with Crippen LogP contribution in [0.5, 0.6) is 0 Å². The molecule has 4 heteroatoms. The van der Waals surface area contributed by atoms with E-state index in [9.17, 15) is 4.79 Å². The fourth-order valence-electron chi connectivity index (χ4n) is 2.18. The number of amides is 1. The second-order valence-corrected chi connectivity index (χ2v) is 4.32. The number of aliphatic hydroxyl groups excluding tert-OH is 1. The number of rotatable bonds is 5. The Kier molecular flexibility index (Phi) is 4.39. The molecule has 1 atom stereocenters. The number of nitrogens with zero attached hydrogens (tertiary/aromatic N) is 1. The van der Waals surface area contributed by atoms with Crippen molar-refractivity contribution in [2.24, 2.45) is 0 Å². The van der Waals surface area contributed by atoms with E-state index in [-0.39, 0.29) is 18.7 Å². The van der Waals surface area contributed by atoms with Gasteiger partial charge >= 0.3 is 6.09 Å². The summed E-state index contributed by atoms with van der Waals surface area (Å²) >= 11 is 0. The standard InChI is InChI=1S/C15H17NO3/c1-2-13(9-6-10-17)16-14(11-19-15(16)18)12-7-4-3-5-8-12/h3-5,7-8,14,17H,1,6,9-11H2/t14-/m0/s1. The number of carbonyl (C=O) groups excluding carboxylic acids is 1. The molecule has 100 valence electrons. The van der Waals surface area contributed by atoms with Gasteiger partial charge in [0, 0.05) is 6.61 Å². The molecule has 0 aromatic heterocycles. The lowest BCUT2D eigenvalue weighted by atomic mass is 10.1. The Morgan fingerprint density at radius 1 is 1.47 bits per heavy atom. The molecule has 1 aliphatic heterocycles. The van der Waals surface area contributed by atoms with E-state index in [1.165, 1.54) is 0 Å². The quantitative estimate of drug-likeness (QED) is 0.827. The number of hydrogen-bond donors (Lipinski definition) is 1. The topological polar surface area (TPSA) is 49.8 Å². The average molecular weight is 259 g/mol. The summed E-state index contributed by atoms with van der Waals surface area (Å²) in [5, 5.41) is 8.91. The maximum absolute atomic E-state index is 11.9. The van der Waals surface area contributed by atoms with Gasteiger partial charge in [-0.05, 0) is 18.4 Å². The molecule has 1 aliphatic rings. The molecular weight excluding hydrogens is 242 g/mol. The summed E-state index contributed by atoms with van der Waals surface area (Å²) in [5.41, 5.74) is 4.48. The fourth-order valence-corrected chi connectivity index (χ4v) is 2.18. The molecule has 1 aromatic rings. The van der Waals surface area contributed by atoms with Gasteiger partial charge in [-0.3, -0.25) is 4.90 Å². The minimum Gasteiger partial charge on any atom is -0.447 e. The van der Waals surface area contributed by atoms with Gasteiger partial charge in [0.2, 0.25) is 0 Å². The molecule has 2 rings (SSSR count). The van der Waals surface area contributed by atoms with E-state index in [0.29, 0.717) is 25.1 Å². The molecule has 0 aliphatic carbocycles. The molecule has 1 heterocycles. The first kappa shape index (κ1) is 13.4. The van der Waals surface area contributed by atoms with Crippen LogP contribution in [-0.4, -0.2) is 29.3 Å². The highest BCUT2D eigenvalue weighted by Gasteiger charge is 2.36. The van der Waals surface area contributed by atoms with Crippen LogP contribution in [0.15, 0.2) is 48.3 Å². The third kappa shape index (κ3) is 2.87. The zero-order chi connectivity index (χ0) is 13.7. The Morgan fingerprint density at radius 3 is 2.84 bits per heavy atom. The van der Waals surface area contributed by atoms with Crippen molar-refractivity contribution in [3.63, 3.8) is 0 Å². The molecule has 0 radical (unpaired) electrons. The summed E-state index contributed by atoms with van der Waals surface area (Å²) in [5.74, 6) is 0. The summed E-state index contributed by atoms with van der Waals surface area (Å²) in [7, 11) is 0. The van der Waals surface area contributed by atoms with Crippen LogP contribution in [0, 0.1) is 0 Å². The molecule has 1 fully saturated rings. The van der Waals surface area contributed by atoms with Crippen molar-refractivity contribution >= 4 is 6.09 Å². The summed E-state index contributed by atoms with van der Waals surface area (Å²) in [6.07, 6.45) is 0.750. The number of aliphatic hydroxyl groups is 1. The van der Waals surface area contributed by atoms with Gasteiger partial charge < -0.3 is 9.84 Å². The first-order valence-corrected chi connectivity index (χ1v) is 6.28. The molecule has 1 aromatic carbocycles. The number of carbonyl (C=O) groups is 1. The Bertz CT molecular complexity index is 491. The third-order valence-electron chi connectivity index (χ3n) is 3.12. The van der Waals surface area contributed by atoms with Crippen molar-refractivity contribution < 1.29 is 14.6 Å². The minimum atomic E-state index is -0.377. The fraction of sp³-hybridized carbons (Fsp3) is 0.333. The van der Waals surface area contributed by atoms with E-state index in [1.54, 1.807) is 4.90 Å². The minimum absolute atomic E-state index is 0.0735. The van der Waals surface area contributed by atoms with Gasteiger partial charge in [0.15, 0.2) is 0 Å². The van der Waals surface area contributed by atoms with Gasteiger partial charge in [-0.15, -0.1) is 5.73 Å². The van der Waals surface area contributed by atoms with E-state index in [1.807, 2.05) is 30.3 Å². The van der Waals surface area contributed by atoms with Gasteiger partial charge in [-0.25, -0.2) is 4.79 Å². The zero-order valence-electron chi connectivity index (χ0n) is 10.7. The van der Waals surface area contributed by atoms with Crippen molar-refractivity contribution in [2.75, 3.05) is 13.2 Å². The van der Waals surface area contributed by atoms with Gasteiger partial charge in [0.25, 0.3) is 0 Å². The smallest absolute Gasteiger partial charge is 0.415 e. The Labute approximate surface area is 112 Å². The molecule has 19 heavy (non-hydrogen) atoms. The molecule has 0 unspecified atom stereocenters. The lowest BCUT2D eigenvalue weighted by Crippen LogP contribution is -2.26. The van der Waals surface area contributed by atoms with Gasteiger partial charge in [0.05, 0.1) is 11.7 Å². The first-order chi connectivity index (χ1) is 9.27. The van der Waals surface area contributed by atoms with E-state index in [4.69, 9.17) is 9.84 Å². The van der Waals surface area contributed by atoms with Crippen molar-refractivity contribution in [3.8, 4) is 0 Å². The Morgan fingerprint density at radius 2 is 2.21 bits per heavy atom. The maximum atomic E-state index is 11.9. The van der Waals surface area contributed by atoms with Crippen LogP contribution < -0.4 is 0 Å².